The van der Waals surface area contributed by atoms with Crippen molar-refractivity contribution in [3.8, 4) is 12.3 Å². The Morgan fingerprint density at radius 2 is 2.38 bits per heavy atom. The van der Waals surface area contributed by atoms with Gasteiger partial charge < -0.3 is 4.42 Å². The zero-order chi connectivity index (χ0) is 9.90. The Balaban J connectivity index is 2.54. The van der Waals surface area contributed by atoms with Crippen LogP contribution in [0.5, 0.6) is 0 Å². The van der Waals surface area contributed by atoms with Crippen molar-refractivity contribution in [3.05, 3.63) is 22.6 Å². The van der Waals surface area contributed by atoms with Gasteiger partial charge >= 0.3 is 0 Å². The number of furan rings is 1. The lowest BCUT2D eigenvalue weighted by atomic mass is 10.1. The Morgan fingerprint density at radius 3 is 2.85 bits per heavy atom. The van der Waals surface area contributed by atoms with E-state index in [0.717, 1.165) is 10.2 Å². The number of hydrogen-bond donors (Lipinski definition) is 1. The Kier molecular flexibility index (Phi) is 3.18. The molecule has 0 bridgehead atoms. The molecule has 70 valence electrons. The molecular weight excluding hydrogens is 230 g/mol. The predicted octanol–water partition coefficient (Wildman–Crippen LogP) is 2.54. The van der Waals surface area contributed by atoms with Crippen molar-refractivity contribution in [2.24, 2.45) is 0 Å². The molecule has 2 nitrogen and oxygen atoms in total. The van der Waals surface area contributed by atoms with Crippen LogP contribution in [0.25, 0.3) is 0 Å². The van der Waals surface area contributed by atoms with E-state index in [1.165, 1.54) is 0 Å². The van der Waals surface area contributed by atoms with Crippen molar-refractivity contribution >= 4 is 15.9 Å². The smallest absolute Gasteiger partial charge is 0.131 e. The summed E-state index contributed by atoms with van der Waals surface area (Å²) in [7, 11) is 0. The van der Waals surface area contributed by atoms with Gasteiger partial charge in [0.2, 0.25) is 0 Å². The molecule has 1 heterocycles. The van der Waals surface area contributed by atoms with Gasteiger partial charge in [-0.2, -0.15) is 0 Å². The number of hydrogen-bond acceptors (Lipinski definition) is 2. The summed E-state index contributed by atoms with van der Waals surface area (Å²) in [5.74, 6) is 3.52. The topological polar surface area (TPSA) is 25.2 Å². The highest BCUT2D eigenvalue weighted by atomic mass is 79.9. The van der Waals surface area contributed by atoms with E-state index in [-0.39, 0.29) is 5.54 Å². The Hall–Kier alpha value is -0.720. The first-order chi connectivity index (χ1) is 6.05. The average molecular weight is 242 g/mol. The molecule has 0 atom stereocenters. The van der Waals surface area contributed by atoms with E-state index in [4.69, 9.17) is 10.8 Å². The molecule has 0 aliphatic heterocycles. The second-order valence-corrected chi connectivity index (χ2v) is 4.17. The Labute approximate surface area is 86.8 Å². The summed E-state index contributed by atoms with van der Waals surface area (Å²) in [6.45, 7) is 4.53. The van der Waals surface area contributed by atoms with Crippen LogP contribution in [0.2, 0.25) is 0 Å². The minimum Gasteiger partial charge on any atom is -0.467 e. The quantitative estimate of drug-likeness (QED) is 0.824. The lowest BCUT2D eigenvalue weighted by Gasteiger charge is -2.18. The van der Waals surface area contributed by atoms with Gasteiger partial charge in [0.15, 0.2) is 0 Å². The maximum Gasteiger partial charge on any atom is 0.131 e. The highest BCUT2D eigenvalue weighted by Gasteiger charge is 2.14. The van der Waals surface area contributed by atoms with Gasteiger partial charge in [-0.15, -0.1) is 6.42 Å². The summed E-state index contributed by atoms with van der Waals surface area (Å²) < 4.78 is 6.19. The molecule has 0 spiro atoms. The SMILES string of the molecule is C#CC(C)(C)NCc1occc1Br. The van der Waals surface area contributed by atoms with Crippen LogP contribution >= 0.6 is 15.9 Å². The van der Waals surface area contributed by atoms with Crippen molar-refractivity contribution in [1.29, 1.82) is 0 Å². The molecule has 1 aromatic rings. The van der Waals surface area contributed by atoms with Gasteiger partial charge in [0, 0.05) is 0 Å². The van der Waals surface area contributed by atoms with E-state index in [2.05, 4.69) is 27.2 Å². The van der Waals surface area contributed by atoms with Crippen molar-refractivity contribution in [1.82, 2.24) is 5.32 Å². The molecule has 0 aliphatic rings. The third kappa shape index (κ3) is 2.91. The third-order valence-corrected chi connectivity index (χ3v) is 2.45. The van der Waals surface area contributed by atoms with E-state index >= 15 is 0 Å². The van der Waals surface area contributed by atoms with Crippen LogP contribution in [-0.2, 0) is 6.54 Å². The molecule has 0 unspecified atom stereocenters. The van der Waals surface area contributed by atoms with Gasteiger partial charge in [-0.1, -0.05) is 5.92 Å². The summed E-state index contributed by atoms with van der Waals surface area (Å²) in [4.78, 5) is 0. The largest absolute Gasteiger partial charge is 0.467 e. The molecule has 3 heteroatoms. The minimum absolute atomic E-state index is 0.299. The highest BCUT2D eigenvalue weighted by molar-refractivity contribution is 9.10. The fraction of sp³-hybridized carbons (Fsp3) is 0.400. The molecule has 1 N–H and O–H groups in total. The zero-order valence-corrected chi connectivity index (χ0v) is 9.31. The van der Waals surface area contributed by atoms with E-state index in [1.54, 1.807) is 6.26 Å². The van der Waals surface area contributed by atoms with Gasteiger partial charge in [-0.3, -0.25) is 5.32 Å². The van der Waals surface area contributed by atoms with Crippen LogP contribution in [0.15, 0.2) is 21.2 Å². The molecule has 1 rings (SSSR count). The number of terminal acetylenes is 1. The van der Waals surface area contributed by atoms with Gasteiger partial charge in [0.1, 0.15) is 5.76 Å². The maximum atomic E-state index is 5.33. The molecule has 0 amide bonds. The summed E-state index contributed by atoms with van der Waals surface area (Å²) in [6, 6.07) is 1.86. The minimum atomic E-state index is -0.299. The summed E-state index contributed by atoms with van der Waals surface area (Å²) in [5.41, 5.74) is -0.299. The van der Waals surface area contributed by atoms with Gasteiger partial charge in [-0.05, 0) is 35.8 Å². The Morgan fingerprint density at radius 1 is 1.69 bits per heavy atom. The molecule has 0 saturated carbocycles. The number of rotatable bonds is 3. The summed E-state index contributed by atoms with van der Waals surface area (Å²) >= 11 is 3.37. The molecule has 0 radical (unpaired) electrons. The maximum absolute atomic E-state index is 5.33. The zero-order valence-electron chi connectivity index (χ0n) is 7.73. The third-order valence-electron chi connectivity index (χ3n) is 1.74. The number of nitrogens with one attached hydrogen (secondary N) is 1. The lowest BCUT2D eigenvalue weighted by molar-refractivity contribution is 0.426. The molecular formula is C10H12BrNO. The molecule has 0 aromatic carbocycles. The predicted molar refractivity (Wildman–Crippen MR) is 56.2 cm³/mol. The van der Waals surface area contributed by atoms with Crippen molar-refractivity contribution < 1.29 is 4.42 Å². The molecule has 0 aliphatic carbocycles. The summed E-state index contributed by atoms with van der Waals surface area (Å²) in [5, 5.41) is 3.19. The monoisotopic (exact) mass is 241 g/mol. The molecule has 13 heavy (non-hydrogen) atoms. The highest BCUT2D eigenvalue weighted by Crippen LogP contribution is 2.17. The molecule has 0 saturated heterocycles. The van der Waals surface area contributed by atoms with Gasteiger partial charge in [-0.25, -0.2) is 0 Å². The van der Waals surface area contributed by atoms with Crippen LogP contribution in [0.1, 0.15) is 19.6 Å². The van der Waals surface area contributed by atoms with Crippen molar-refractivity contribution in [2.45, 2.75) is 25.9 Å². The fourth-order valence-corrected chi connectivity index (χ4v) is 1.15. The van der Waals surface area contributed by atoms with Crippen LogP contribution in [0.3, 0.4) is 0 Å². The van der Waals surface area contributed by atoms with E-state index in [9.17, 15) is 0 Å². The van der Waals surface area contributed by atoms with Crippen LogP contribution < -0.4 is 5.32 Å². The Bertz CT molecular complexity index is 322. The standard InChI is InChI=1S/C10H12BrNO/c1-4-10(2,3)12-7-9-8(11)5-6-13-9/h1,5-6,12H,7H2,2-3H3. The van der Waals surface area contributed by atoms with Crippen LogP contribution in [-0.4, -0.2) is 5.54 Å². The van der Waals surface area contributed by atoms with Crippen molar-refractivity contribution in [3.63, 3.8) is 0 Å². The van der Waals surface area contributed by atoms with Crippen molar-refractivity contribution in [2.75, 3.05) is 0 Å². The van der Waals surface area contributed by atoms with Gasteiger partial charge in [0.05, 0.1) is 22.8 Å². The molecule has 1 aromatic heterocycles. The van der Waals surface area contributed by atoms with E-state index in [1.807, 2.05) is 19.9 Å². The van der Waals surface area contributed by atoms with Gasteiger partial charge in [0.25, 0.3) is 0 Å². The van der Waals surface area contributed by atoms with Crippen LogP contribution in [0, 0.1) is 12.3 Å². The lowest BCUT2D eigenvalue weighted by Crippen LogP contribution is -2.36. The first kappa shape index (κ1) is 10.4. The second-order valence-electron chi connectivity index (χ2n) is 3.31. The fourth-order valence-electron chi connectivity index (χ4n) is 0.804. The molecule has 0 fully saturated rings. The first-order valence-corrected chi connectivity index (χ1v) is 4.79. The first-order valence-electron chi connectivity index (χ1n) is 4.00. The second kappa shape index (κ2) is 3.99. The van der Waals surface area contributed by atoms with Crippen LogP contribution in [0.4, 0.5) is 0 Å². The number of halogens is 1. The average Bonchev–Trinajstić information content (AvgIpc) is 2.48. The summed E-state index contributed by atoms with van der Waals surface area (Å²) in [6.07, 6.45) is 6.97. The normalized spacial score (nSPS) is 11.2. The van der Waals surface area contributed by atoms with E-state index in [0.29, 0.717) is 6.54 Å². The van der Waals surface area contributed by atoms with E-state index < -0.39 is 0 Å².